The van der Waals surface area contributed by atoms with Crippen molar-refractivity contribution in [3.05, 3.63) is 48.3 Å². The van der Waals surface area contributed by atoms with Crippen LogP contribution in [0.4, 0.5) is 0 Å². The van der Waals surface area contributed by atoms with Crippen molar-refractivity contribution in [2.75, 3.05) is 6.61 Å². The highest BCUT2D eigenvalue weighted by atomic mass is 16.5. The third-order valence-corrected chi connectivity index (χ3v) is 2.28. The van der Waals surface area contributed by atoms with Crippen LogP contribution in [-0.4, -0.2) is 28.1 Å². The smallest absolute Gasteiger partial charge is 0.338 e. The molecule has 1 heterocycles. The number of carbonyl (C=O) groups is 2. The first-order valence-electron chi connectivity index (χ1n) is 5.43. The van der Waals surface area contributed by atoms with Crippen LogP contribution in [0.5, 0.6) is 0 Å². The molecule has 0 unspecified atom stereocenters. The number of esters is 1. The summed E-state index contributed by atoms with van der Waals surface area (Å²) in [6, 6.07) is 8.61. The Morgan fingerprint density at radius 3 is 2.56 bits per heavy atom. The summed E-state index contributed by atoms with van der Waals surface area (Å²) in [6.07, 6.45) is 3.48. The predicted molar refractivity (Wildman–Crippen MR) is 64.5 cm³/mol. The molecule has 0 N–H and O–H groups in total. The van der Waals surface area contributed by atoms with Gasteiger partial charge in [0.25, 0.3) is 0 Å². The number of nitrogens with zero attached hydrogens (tertiary/aromatic N) is 2. The number of hydrogen-bond acceptors (Lipinski definition) is 4. The topological polar surface area (TPSA) is 61.2 Å². The van der Waals surface area contributed by atoms with E-state index in [9.17, 15) is 9.59 Å². The Balaban J connectivity index is 2.08. The molecule has 0 fully saturated rings. The molecule has 5 heteroatoms. The molecule has 0 aliphatic heterocycles. The number of aromatic nitrogens is 2. The monoisotopic (exact) mass is 244 g/mol. The largest absolute Gasteiger partial charge is 0.454 e. The van der Waals surface area contributed by atoms with Gasteiger partial charge in [-0.05, 0) is 37.3 Å². The Morgan fingerprint density at radius 2 is 2.00 bits per heavy atom. The fraction of sp³-hybridized carbons (Fsp3) is 0.154. The Labute approximate surface area is 104 Å². The summed E-state index contributed by atoms with van der Waals surface area (Å²) in [7, 11) is 0. The number of ether oxygens (including phenoxy) is 1. The van der Waals surface area contributed by atoms with Gasteiger partial charge in [-0.2, -0.15) is 5.10 Å². The quantitative estimate of drug-likeness (QED) is 0.767. The second-order valence-electron chi connectivity index (χ2n) is 3.78. The molecule has 1 aromatic carbocycles. The fourth-order valence-corrected chi connectivity index (χ4v) is 1.42. The van der Waals surface area contributed by atoms with Crippen molar-refractivity contribution >= 4 is 11.8 Å². The third kappa shape index (κ3) is 2.82. The molecule has 0 aliphatic carbocycles. The van der Waals surface area contributed by atoms with Gasteiger partial charge in [0.05, 0.1) is 11.3 Å². The summed E-state index contributed by atoms with van der Waals surface area (Å²) in [6.45, 7) is 1.17. The Kier molecular flexibility index (Phi) is 3.52. The number of rotatable bonds is 4. The lowest BCUT2D eigenvalue weighted by Gasteiger charge is -2.04. The van der Waals surface area contributed by atoms with E-state index in [1.807, 2.05) is 12.3 Å². The van der Waals surface area contributed by atoms with Crippen LogP contribution in [0.15, 0.2) is 42.7 Å². The van der Waals surface area contributed by atoms with Crippen molar-refractivity contribution in [2.24, 2.45) is 0 Å². The molecule has 92 valence electrons. The van der Waals surface area contributed by atoms with Gasteiger partial charge in [0.1, 0.15) is 6.61 Å². The molecule has 0 bridgehead atoms. The first-order valence-corrected chi connectivity index (χ1v) is 5.43. The van der Waals surface area contributed by atoms with Crippen LogP contribution >= 0.6 is 0 Å². The number of carbonyl (C=O) groups excluding carboxylic acids is 2. The van der Waals surface area contributed by atoms with E-state index >= 15 is 0 Å². The average Bonchev–Trinajstić information content (AvgIpc) is 2.90. The zero-order chi connectivity index (χ0) is 13.0. The zero-order valence-corrected chi connectivity index (χ0v) is 9.87. The molecule has 0 atom stereocenters. The van der Waals surface area contributed by atoms with Crippen LogP contribution in [0.3, 0.4) is 0 Å². The Morgan fingerprint density at radius 1 is 1.28 bits per heavy atom. The maximum Gasteiger partial charge on any atom is 0.338 e. The average molecular weight is 244 g/mol. The molecule has 2 aromatic rings. The SMILES string of the molecule is CC(=O)COC(=O)c1ccc(-n2cccn2)cc1. The molecule has 18 heavy (non-hydrogen) atoms. The number of Topliss-reactive ketones (excluding diaryl/α,β-unsaturated/α-hetero) is 1. The lowest BCUT2D eigenvalue weighted by Crippen LogP contribution is -2.11. The Hall–Kier alpha value is -2.43. The minimum absolute atomic E-state index is 0.184. The summed E-state index contributed by atoms with van der Waals surface area (Å²) in [4.78, 5) is 22.3. The molecular formula is C13H12N2O3. The first kappa shape index (κ1) is 12.0. The molecule has 0 aliphatic rings. The van der Waals surface area contributed by atoms with Gasteiger partial charge in [0, 0.05) is 12.4 Å². The molecule has 0 saturated carbocycles. The second kappa shape index (κ2) is 5.27. The lowest BCUT2D eigenvalue weighted by atomic mass is 10.2. The van der Waals surface area contributed by atoms with E-state index in [2.05, 4.69) is 5.10 Å². The van der Waals surface area contributed by atoms with Gasteiger partial charge in [-0.3, -0.25) is 4.79 Å². The lowest BCUT2D eigenvalue weighted by molar-refractivity contribution is -0.120. The van der Waals surface area contributed by atoms with Crippen LogP contribution < -0.4 is 0 Å². The van der Waals surface area contributed by atoms with Crippen molar-refractivity contribution < 1.29 is 14.3 Å². The predicted octanol–water partition coefficient (Wildman–Crippen LogP) is 1.62. The summed E-state index contributed by atoms with van der Waals surface area (Å²) in [5.41, 5.74) is 1.26. The fourth-order valence-electron chi connectivity index (χ4n) is 1.42. The summed E-state index contributed by atoms with van der Waals surface area (Å²) >= 11 is 0. The van der Waals surface area contributed by atoms with Crippen LogP contribution in [0.1, 0.15) is 17.3 Å². The second-order valence-corrected chi connectivity index (χ2v) is 3.78. The normalized spacial score (nSPS) is 10.1. The highest BCUT2D eigenvalue weighted by molar-refractivity contribution is 5.91. The molecule has 0 radical (unpaired) electrons. The van der Waals surface area contributed by atoms with E-state index in [1.54, 1.807) is 35.1 Å². The zero-order valence-electron chi connectivity index (χ0n) is 9.87. The summed E-state index contributed by atoms with van der Waals surface area (Å²) < 4.78 is 6.49. The van der Waals surface area contributed by atoms with Gasteiger partial charge < -0.3 is 4.74 Å². The van der Waals surface area contributed by atoms with Gasteiger partial charge in [0.2, 0.25) is 0 Å². The maximum absolute atomic E-state index is 11.6. The highest BCUT2D eigenvalue weighted by Crippen LogP contribution is 2.09. The van der Waals surface area contributed by atoms with Crippen LogP contribution in [0.2, 0.25) is 0 Å². The van der Waals surface area contributed by atoms with Crippen molar-refractivity contribution in [3.8, 4) is 5.69 Å². The molecule has 2 rings (SSSR count). The standard InChI is InChI=1S/C13H12N2O3/c1-10(16)9-18-13(17)11-3-5-12(6-4-11)15-8-2-7-14-15/h2-8H,9H2,1H3. The third-order valence-electron chi connectivity index (χ3n) is 2.28. The van der Waals surface area contributed by atoms with Crippen molar-refractivity contribution in [2.45, 2.75) is 6.92 Å². The van der Waals surface area contributed by atoms with E-state index in [4.69, 9.17) is 4.74 Å². The highest BCUT2D eigenvalue weighted by Gasteiger charge is 2.08. The van der Waals surface area contributed by atoms with Gasteiger partial charge in [-0.25, -0.2) is 9.48 Å². The van der Waals surface area contributed by atoms with E-state index in [0.29, 0.717) is 5.56 Å². The summed E-state index contributed by atoms with van der Waals surface area (Å²) in [5.74, 6) is -0.686. The number of benzene rings is 1. The van der Waals surface area contributed by atoms with Crippen molar-refractivity contribution in [3.63, 3.8) is 0 Å². The minimum atomic E-state index is -0.503. The van der Waals surface area contributed by atoms with Gasteiger partial charge >= 0.3 is 5.97 Å². The summed E-state index contributed by atoms with van der Waals surface area (Å²) in [5, 5.41) is 4.08. The van der Waals surface area contributed by atoms with Crippen LogP contribution in [0.25, 0.3) is 5.69 Å². The van der Waals surface area contributed by atoms with E-state index < -0.39 is 5.97 Å². The molecule has 1 aromatic heterocycles. The minimum Gasteiger partial charge on any atom is -0.454 e. The van der Waals surface area contributed by atoms with E-state index in [0.717, 1.165) is 5.69 Å². The number of ketones is 1. The first-order chi connectivity index (χ1) is 8.66. The van der Waals surface area contributed by atoms with Gasteiger partial charge in [-0.1, -0.05) is 0 Å². The van der Waals surface area contributed by atoms with Crippen LogP contribution in [-0.2, 0) is 9.53 Å². The molecule has 0 saturated heterocycles. The van der Waals surface area contributed by atoms with E-state index in [-0.39, 0.29) is 12.4 Å². The molecule has 0 amide bonds. The van der Waals surface area contributed by atoms with E-state index in [1.165, 1.54) is 6.92 Å². The molecule has 0 spiro atoms. The van der Waals surface area contributed by atoms with Gasteiger partial charge in [0.15, 0.2) is 5.78 Å². The maximum atomic E-state index is 11.6. The molecule has 5 nitrogen and oxygen atoms in total. The van der Waals surface area contributed by atoms with Crippen molar-refractivity contribution in [1.29, 1.82) is 0 Å². The Bertz CT molecular complexity index is 544. The molecular weight excluding hydrogens is 232 g/mol. The van der Waals surface area contributed by atoms with Gasteiger partial charge in [-0.15, -0.1) is 0 Å². The van der Waals surface area contributed by atoms with Crippen molar-refractivity contribution in [1.82, 2.24) is 9.78 Å². The van der Waals surface area contributed by atoms with Crippen LogP contribution in [0, 0.1) is 0 Å². The number of hydrogen-bond donors (Lipinski definition) is 0.